The third-order valence-corrected chi connectivity index (χ3v) is 3.18. The SMILES string of the molecule is COc1ccc(C(O)c2ncnn2C)c(Br)c1. The van der Waals surface area contributed by atoms with E-state index in [4.69, 9.17) is 4.74 Å². The molecule has 0 radical (unpaired) electrons. The number of aliphatic hydroxyl groups excluding tert-OH is 1. The number of halogens is 1. The topological polar surface area (TPSA) is 60.2 Å². The largest absolute Gasteiger partial charge is 0.497 e. The van der Waals surface area contributed by atoms with Crippen molar-refractivity contribution in [1.82, 2.24) is 14.8 Å². The molecule has 0 aliphatic carbocycles. The Hall–Kier alpha value is -1.40. The van der Waals surface area contributed by atoms with Crippen molar-refractivity contribution in [2.75, 3.05) is 7.11 Å². The van der Waals surface area contributed by atoms with Gasteiger partial charge in [-0.1, -0.05) is 22.0 Å². The maximum Gasteiger partial charge on any atom is 0.160 e. The molecule has 0 amide bonds. The van der Waals surface area contributed by atoms with Crippen molar-refractivity contribution in [2.24, 2.45) is 7.05 Å². The van der Waals surface area contributed by atoms with E-state index in [2.05, 4.69) is 26.0 Å². The van der Waals surface area contributed by atoms with Gasteiger partial charge in [-0.05, 0) is 12.1 Å². The van der Waals surface area contributed by atoms with Crippen LogP contribution < -0.4 is 4.74 Å². The van der Waals surface area contributed by atoms with Crippen LogP contribution >= 0.6 is 15.9 Å². The van der Waals surface area contributed by atoms with Crippen molar-refractivity contribution in [2.45, 2.75) is 6.10 Å². The summed E-state index contributed by atoms with van der Waals surface area (Å²) in [5.74, 6) is 1.22. The molecule has 0 saturated carbocycles. The summed E-state index contributed by atoms with van der Waals surface area (Å²) in [4.78, 5) is 4.03. The normalized spacial score (nSPS) is 12.5. The number of aliphatic hydroxyl groups is 1. The summed E-state index contributed by atoms with van der Waals surface area (Å²) >= 11 is 3.40. The van der Waals surface area contributed by atoms with Crippen molar-refractivity contribution in [3.05, 3.63) is 40.4 Å². The van der Waals surface area contributed by atoms with Gasteiger partial charge in [-0.2, -0.15) is 5.10 Å². The highest BCUT2D eigenvalue weighted by Gasteiger charge is 2.18. The first-order valence-electron chi connectivity index (χ1n) is 4.99. The first-order valence-corrected chi connectivity index (χ1v) is 5.78. The highest BCUT2D eigenvalue weighted by molar-refractivity contribution is 9.10. The summed E-state index contributed by atoms with van der Waals surface area (Å²) in [6.45, 7) is 0. The molecule has 1 aromatic heterocycles. The molecule has 6 heteroatoms. The van der Waals surface area contributed by atoms with Gasteiger partial charge in [0, 0.05) is 17.1 Å². The smallest absolute Gasteiger partial charge is 0.160 e. The minimum atomic E-state index is -0.817. The zero-order chi connectivity index (χ0) is 12.4. The minimum Gasteiger partial charge on any atom is -0.497 e. The second-order valence-electron chi connectivity index (χ2n) is 3.53. The van der Waals surface area contributed by atoms with Crippen molar-refractivity contribution < 1.29 is 9.84 Å². The average molecular weight is 298 g/mol. The molecule has 0 aliphatic rings. The van der Waals surface area contributed by atoms with Crippen molar-refractivity contribution >= 4 is 15.9 Å². The van der Waals surface area contributed by atoms with Crippen LogP contribution in [0.1, 0.15) is 17.5 Å². The van der Waals surface area contributed by atoms with Crippen LogP contribution in [0.2, 0.25) is 0 Å². The van der Waals surface area contributed by atoms with E-state index in [0.717, 1.165) is 15.8 Å². The summed E-state index contributed by atoms with van der Waals surface area (Å²) in [5.41, 5.74) is 0.724. The zero-order valence-electron chi connectivity index (χ0n) is 9.46. The van der Waals surface area contributed by atoms with Gasteiger partial charge in [-0.3, -0.25) is 4.68 Å². The molecule has 1 aromatic carbocycles. The van der Waals surface area contributed by atoms with Crippen LogP contribution in [0.5, 0.6) is 5.75 Å². The Morgan fingerprint density at radius 3 is 2.76 bits per heavy atom. The number of aryl methyl sites for hydroxylation is 1. The van der Waals surface area contributed by atoms with E-state index in [0.29, 0.717) is 5.82 Å². The number of benzene rings is 1. The van der Waals surface area contributed by atoms with Crippen LogP contribution in [0.15, 0.2) is 29.0 Å². The Kier molecular flexibility index (Phi) is 3.44. The van der Waals surface area contributed by atoms with Gasteiger partial charge < -0.3 is 9.84 Å². The molecule has 0 aliphatic heterocycles. The predicted molar refractivity (Wildman–Crippen MR) is 65.8 cm³/mol. The molecule has 2 rings (SSSR count). The fourth-order valence-electron chi connectivity index (χ4n) is 1.55. The van der Waals surface area contributed by atoms with Crippen molar-refractivity contribution in [3.63, 3.8) is 0 Å². The average Bonchev–Trinajstić information content (AvgIpc) is 2.74. The van der Waals surface area contributed by atoms with E-state index in [9.17, 15) is 5.11 Å². The van der Waals surface area contributed by atoms with Crippen LogP contribution in [-0.2, 0) is 7.05 Å². The summed E-state index contributed by atoms with van der Waals surface area (Å²) < 4.78 is 7.41. The van der Waals surface area contributed by atoms with E-state index in [1.807, 2.05) is 0 Å². The molecule has 1 N–H and O–H groups in total. The number of hydrogen-bond donors (Lipinski definition) is 1. The van der Waals surface area contributed by atoms with Crippen molar-refractivity contribution in [1.29, 1.82) is 0 Å². The summed E-state index contributed by atoms with van der Waals surface area (Å²) in [6.07, 6.45) is 0.596. The summed E-state index contributed by atoms with van der Waals surface area (Å²) in [5, 5.41) is 14.1. The fourth-order valence-corrected chi connectivity index (χ4v) is 2.12. The van der Waals surface area contributed by atoms with E-state index < -0.39 is 6.10 Å². The lowest BCUT2D eigenvalue weighted by atomic mass is 10.1. The molecule has 1 heterocycles. The standard InChI is InChI=1S/C11H12BrN3O2/c1-15-11(13-6-14-15)10(16)8-4-3-7(17-2)5-9(8)12/h3-6,10,16H,1-2H3. The third kappa shape index (κ3) is 2.32. The number of nitrogens with zero attached hydrogens (tertiary/aromatic N) is 3. The van der Waals surface area contributed by atoms with E-state index in [1.165, 1.54) is 6.33 Å². The molecular weight excluding hydrogens is 286 g/mol. The molecule has 1 atom stereocenters. The molecule has 0 saturated heterocycles. The van der Waals surface area contributed by atoms with Gasteiger partial charge in [0.1, 0.15) is 18.2 Å². The number of hydrogen-bond acceptors (Lipinski definition) is 4. The van der Waals surface area contributed by atoms with Crippen LogP contribution in [0.25, 0.3) is 0 Å². The first kappa shape index (κ1) is 12.1. The Morgan fingerprint density at radius 2 is 2.24 bits per heavy atom. The third-order valence-electron chi connectivity index (χ3n) is 2.49. The van der Waals surface area contributed by atoms with E-state index in [1.54, 1.807) is 37.0 Å². The lowest BCUT2D eigenvalue weighted by molar-refractivity contribution is 0.204. The highest BCUT2D eigenvalue weighted by atomic mass is 79.9. The second kappa shape index (κ2) is 4.85. The molecule has 1 unspecified atom stereocenters. The van der Waals surface area contributed by atoms with E-state index >= 15 is 0 Å². The minimum absolute atomic E-state index is 0.496. The van der Waals surface area contributed by atoms with Gasteiger partial charge >= 0.3 is 0 Å². The predicted octanol–water partition coefficient (Wildman–Crippen LogP) is 1.67. The van der Waals surface area contributed by atoms with Gasteiger partial charge in [0.15, 0.2) is 5.82 Å². The summed E-state index contributed by atoms with van der Waals surface area (Å²) in [7, 11) is 3.34. The Balaban J connectivity index is 2.38. The summed E-state index contributed by atoms with van der Waals surface area (Å²) in [6, 6.07) is 5.39. The number of rotatable bonds is 3. The highest BCUT2D eigenvalue weighted by Crippen LogP contribution is 2.30. The number of aromatic nitrogens is 3. The van der Waals surface area contributed by atoms with Crippen LogP contribution in [0, 0.1) is 0 Å². The molecule has 2 aromatic rings. The fraction of sp³-hybridized carbons (Fsp3) is 0.273. The Labute approximate surface area is 107 Å². The van der Waals surface area contributed by atoms with Gasteiger partial charge in [0.2, 0.25) is 0 Å². The molecule has 0 fully saturated rings. The molecule has 90 valence electrons. The molecule has 5 nitrogen and oxygen atoms in total. The first-order chi connectivity index (χ1) is 8.13. The quantitative estimate of drug-likeness (QED) is 0.936. The van der Waals surface area contributed by atoms with Crippen molar-refractivity contribution in [3.8, 4) is 5.75 Å². The molecule has 0 bridgehead atoms. The van der Waals surface area contributed by atoms with Crippen LogP contribution in [-0.4, -0.2) is 27.0 Å². The number of methoxy groups -OCH3 is 1. The van der Waals surface area contributed by atoms with Gasteiger partial charge in [-0.15, -0.1) is 0 Å². The zero-order valence-corrected chi connectivity index (χ0v) is 11.0. The lowest BCUT2D eigenvalue weighted by Crippen LogP contribution is -2.08. The number of ether oxygens (including phenoxy) is 1. The molecule has 17 heavy (non-hydrogen) atoms. The van der Waals surface area contributed by atoms with Crippen LogP contribution in [0.3, 0.4) is 0 Å². The van der Waals surface area contributed by atoms with Gasteiger partial charge in [0.05, 0.1) is 7.11 Å². The monoisotopic (exact) mass is 297 g/mol. The second-order valence-corrected chi connectivity index (χ2v) is 4.39. The Morgan fingerprint density at radius 1 is 1.47 bits per heavy atom. The maximum atomic E-state index is 10.2. The maximum absolute atomic E-state index is 10.2. The van der Waals surface area contributed by atoms with Crippen LogP contribution in [0.4, 0.5) is 0 Å². The van der Waals surface area contributed by atoms with E-state index in [-0.39, 0.29) is 0 Å². The van der Waals surface area contributed by atoms with Gasteiger partial charge in [-0.25, -0.2) is 4.98 Å². The molecular formula is C11H12BrN3O2. The van der Waals surface area contributed by atoms with Gasteiger partial charge in [0.25, 0.3) is 0 Å². The molecule has 0 spiro atoms. The Bertz CT molecular complexity index is 527. The lowest BCUT2D eigenvalue weighted by Gasteiger charge is -2.12.